The predicted octanol–water partition coefficient (Wildman–Crippen LogP) is 4.09. The van der Waals surface area contributed by atoms with Crippen molar-refractivity contribution >= 4 is 17.3 Å². The third-order valence-electron chi connectivity index (χ3n) is 3.23. The summed E-state index contributed by atoms with van der Waals surface area (Å²) < 4.78 is 1.74. The normalized spacial score (nSPS) is 12.1. The Hall–Kier alpha value is -2.33. The fourth-order valence-corrected chi connectivity index (χ4v) is 2.38. The Morgan fingerprint density at radius 1 is 1.14 bits per heavy atom. The topological polar surface area (TPSA) is 42.7 Å². The van der Waals surface area contributed by atoms with Gasteiger partial charge in [-0.25, -0.2) is 9.67 Å². The van der Waals surface area contributed by atoms with E-state index >= 15 is 0 Å². The number of aromatic nitrogens is 3. The quantitative estimate of drug-likeness (QED) is 0.789. The van der Waals surface area contributed by atoms with E-state index in [1.807, 2.05) is 48.7 Å². The van der Waals surface area contributed by atoms with Crippen LogP contribution in [0.3, 0.4) is 0 Å². The molecule has 1 aromatic carbocycles. The Labute approximate surface area is 128 Å². The molecule has 1 N–H and O–H groups in total. The lowest BCUT2D eigenvalue weighted by Crippen LogP contribution is -2.10. The lowest BCUT2D eigenvalue weighted by Gasteiger charge is -2.18. The third-order valence-corrected chi connectivity index (χ3v) is 3.46. The van der Waals surface area contributed by atoms with Gasteiger partial charge in [0.1, 0.15) is 0 Å². The average molecular weight is 299 g/mol. The smallest absolute Gasteiger partial charge is 0.176 e. The fraction of sp³-hybridized carbons (Fsp3) is 0.125. The van der Waals surface area contributed by atoms with Crippen molar-refractivity contribution < 1.29 is 0 Å². The highest BCUT2D eigenvalue weighted by Gasteiger charge is 2.10. The zero-order chi connectivity index (χ0) is 14.7. The van der Waals surface area contributed by atoms with Gasteiger partial charge in [-0.15, -0.1) is 0 Å². The van der Waals surface area contributed by atoms with Gasteiger partial charge >= 0.3 is 0 Å². The molecule has 0 aliphatic rings. The number of rotatable bonds is 4. The molecule has 1 atom stereocenters. The van der Waals surface area contributed by atoms with Crippen LogP contribution >= 0.6 is 11.6 Å². The summed E-state index contributed by atoms with van der Waals surface area (Å²) in [4.78, 5) is 4.40. The molecule has 1 unspecified atom stereocenters. The van der Waals surface area contributed by atoms with Crippen LogP contribution in [-0.2, 0) is 0 Å². The van der Waals surface area contributed by atoms with Crippen LogP contribution in [0.15, 0.2) is 61.1 Å². The van der Waals surface area contributed by atoms with E-state index in [0.717, 1.165) is 22.1 Å². The van der Waals surface area contributed by atoms with Gasteiger partial charge in [0.15, 0.2) is 5.82 Å². The van der Waals surface area contributed by atoms with E-state index in [1.165, 1.54) is 0 Å². The molecular weight excluding hydrogens is 284 g/mol. The highest BCUT2D eigenvalue weighted by molar-refractivity contribution is 6.30. The number of pyridine rings is 1. The van der Waals surface area contributed by atoms with Crippen LogP contribution in [0, 0.1) is 0 Å². The van der Waals surface area contributed by atoms with Gasteiger partial charge in [0.25, 0.3) is 0 Å². The molecule has 0 bridgehead atoms. The van der Waals surface area contributed by atoms with E-state index in [9.17, 15) is 0 Å². The van der Waals surface area contributed by atoms with Crippen LogP contribution in [-0.4, -0.2) is 14.8 Å². The highest BCUT2D eigenvalue weighted by atomic mass is 35.5. The van der Waals surface area contributed by atoms with Gasteiger partial charge < -0.3 is 5.32 Å². The molecule has 0 aliphatic heterocycles. The van der Waals surface area contributed by atoms with Crippen molar-refractivity contribution in [2.75, 3.05) is 5.32 Å². The lowest BCUT2D eigenvalue weighted by atomic mass is 10.1. The van der Waals surface area contributed by atoms with E-state index in [4.69, 9.17) is 11.6 Å². The molecule has 0 saturated heterocycles. The molecule has 0 aliphatic carbocycles. The zero-order valence-corrected chi connectivity index (χ0v) is 12.3. The SMILES string of the molecule is CC(Nc1cccnc1-n1cccn1)c1cccc(Cl)c1. The summed E-state index contributed by atoms with van der Waals surface area (Å²) in [6, 6.07) is 13.7. The highest BCUT2D eigenvalue weighted by Crippen LogP contribution is 2.24. The number of hydrogen-bond acceptors (Lipinski definition) is 3. The van der Waals surface area contributed by atoms with Gasteiger partial charge in [-0.1, -0.05) is 23.7 Å². The van der Waals surface area contributed by atoms with Crippen molar-refractivity contribution in [1.29, 1.82) is 0 Å². The Morgan fingerprint density at radius 3 is 2.81 bits per heavy atom. The maximum Gasteiger partial charge on any atom is 0.176 e. The number of hydrogen-bond donors (Lipinski definition) is 1. The summed E-state index contributed by atoms with van der Waals surface area (Å²) in [5.74, 6) is 0.774. The maximum absolute atomic E-state index is 6.05. The van der Waals surface area contributed by atoms with Crippen molar-refractivity contribution in [3.8, 4) is 5.82 Å². The first-order valence-corrected chi connectivity index (χ1v) is 7.09. The van der Waals surface area contributed by atoms with E-state index in [-0.39, 0.29) is 6.04 Å². The number of halogens is 1. The van der Waals surface area contributed by atoms with Crippen molar-refractivity contribution in [3.63, 3.8) is 0 Å². The molecule has 3 aromatic rings. The van der Waals surface area contributed by atoms with Gasteiger partial charge in [0.05, 0.1) is 5.69 Å². The van der Waals surface area contributed by atoms with Crippen LogP contribution in [0.25, 0.3) is 5.82 Å². The second-order valence-corrected chi connectivity index (χ2v) is 5.18. The molecule has 2 aromatic heterocycles. The molecule has 0 saturated carbocycles. The molecule has 21 heavy (non-hydrogen) atoms. The van der Waals surface area contributed by atoms with Crippen LogP contribution in [0.4, 0.5) is 5.69 Å². The summed E-state index contributed by atoms with van der Waals surface area (Å²) in [6.45, 7) is 2.09. The molecule has 0 fully saturated rings. The number of benzene rings is 1. The standard InChI is InChI=1S/C16H15ClN4/c1-12(13-5-2-6-14(17)11-13)20-15-7-3-8-18-16(15)21-10-4-9-19-21/h2-12,20H,1H3. The van der Waals surface area contributed by atoms with Gasteiger partial charge in [0.2, 0.25) is 0 Å². The lowest BCUT2D eigenvalue weighted by molar-refractivity contribution is 0.829. The maximum atomic E-state index is 6.05. The number of anilines is 1. The molecule has 0 spiro atoms. The van der Waals surface area contributed by atoms with E-state index in [2.05, 4.69) is 22.3 Å². The molecule has 106 valence electrons. The van der Waals surface area contributed by atoms with Crippen molar-refractivity contribution in [2.45, 2.75) is 13.0 Å². The summed E-state index contributed by atoms with van der Waals surface area (Å²) in [6.07, 6.45) is 5.36. The summed E-state index contributed by atoms with van der Waals surface area (Å²) in [7, 11) is 0. The van der Waals surface area contributed by atoms with Crippen molar-refractivity contribution in [1.82, 2.24) is 14.8 Å². The number of nitrogens with zero attached hydrogens (tertiary/aromatic N) is 3. The molecular formula is C16H15ClN4. The average Bonchev–Trinajstić information content (AvgIpc) is 3.02. The van der Waals surface area contributed by atoms with E-state index in [0.29, 0.717) is 0 Å². The zero-order valence-electron chi connectivity index (χ0n) is 11.6. The molecule has 4 nitrogen and oxygen atoms in total. The largest absolute Gasteiger partial charge is 0.375 e. The Balaban J connectivity index is 1.88. The first-order valence-electron chi connectivity index (χ1n) is 6.71. The fourth-order valence-electron chi connectivity index (χ4n) is 2.18. The Morgan fingerprint density at radius 2 is 2.05 bits per heavy atom. The van der Waals surface area contributed by atoms with Crippen LogP contribution in [0.1, 0.15) is 18.5 Å². The van der Waals surface area contributed by atoms with Gasteiger partial charge in [-0.2, -0.15) is 5.10 Å². The van der Waals surface area contributed by atoms with E-state index < -0.39 is 0 Å². The molecule has 0 radical (unpaired) electrons. The van der Waals surface area contributed by atoms with Gasteiger partial charge in [-0.3, -0.25) is 0 Å². The minimum absolute atomic E-state index is 0.113. The Bertz CT molecular complexity index is 725. The van der Waals surface area contributed by atoms with Crippen molar-refractivity contribution in [2.24, 2.45) is 0 Å². The first kappa shape index (κ1) is 13.6. The molecule has 5 heteroatoms. The third kappa shape index (κ3) is 3.06. The van der Waals surface area contributed by atoms with Crippen LogP contribution < -0.4 is 5.32 Å². The summed E-state index contributed by atoms with van der Waals surface area (Å²) in [5, 5.41) is 8.43. The second-order valence-electron chi connectivity index (χ2n) is 4.75. The van der Waals surface area contributed by atoms with Gasteiger partial charge in [-0.05, 0) is 42.8 Å². The predicted molar refractivity (Wildman–Crippen MR) is 84.8 cm³/mol. The second kappa shape index (κ2) is 5.97. The summed E-state index contributed by atoms with van der Waals surface area (Å²) in [5.41, 5.74) is 2.05. The number of nitrogens with one attached hydrogen (secondary N) is 1. The minimum Gasteiger partial charge on any atom is -0.375 e. The van der Waals surface area contributed by atoms with Crippen LogP contribution in [0.5, 0.6) is 0 Å². The molecule has 2 heterocycles. The minimum atomic E-state index is 0.113. The first-order chi connectivity index (χ1) is 10.2. The Kier molecular flexibility index (Phi) is 3.88. The molecule has 3 rings (SSSR count). The van der Waals surface area contributed by atoms with E-state index in [1.54, 1.807) is 17.1 Å². The molecule has 0 amide bonds. The van der Waals surface area contributed by atoms with Crippen molar-refractivity contribution in [3.05, 3.63) is 71.6 Å². The van der Waals surface area contributed by atoms with Crippen LogP contribution in [0.2, 0.25) is 5.02 Å². The summed E-state index contributed by atoms with van der Waals surface area (Å²) >= 11 is 6.05. The monoisotopic (exact) mass is 298 g/mol. The van der Waals surface area contributed by atoms with Gasteiger partial charge in [0, 0.05) is 29.7 Å².